The molecule has 5 nitrogen and oxygen atoms in total. The zero-order valence-electron chi connectivity index (χ0n) is 15.9. The highest BCUT2D eigenvalue weighted by Crippen LogP contribution is 2.22. The van der Waals surface area contributed by atoms with Crippen molar-refractivity contribution in [2.75, 3.05) is 12.3 Å². The Bertz CT molecular complexity index is 988. The average Bonchev–Trinajstić information content (AvgIpc) is 2.74. The van der Waals surface area contributed by atoms with Crippen molar-refractivity contribution in [3.05, 3.63) is 76.1 Å². The molecule has 8 heteroatoms. The summed E-state index contributed by atoms with van der Waals surface area (Å²) in [6, 6.07) is 11.1. The van der Waals surface area contributed by atoms with Crippen LogP contribution >= 0.6 is 11.8 Å². The molecule has 0 fully saturated rings. The van der Waals surface area contributed by atoms with Crippen LogP contribution in [0.25, 0.3) is 0 Å². The summed E-state index contributed by atoms with van der Waals surface area (Å²) in [6.45, 7) is 2.31. The first-order valence-electron chi connectivity index (χ1n) is 9.13. The minimum Gasteiger partial charge on any atom is -0.478 e. The molecule has 3 rings (SSSR count). The van der Waals surface area contributed by atoms with E-state index in [0.29, 0.717) is 29.8 Å². The number of aliphatic imine (C=N–C) groups is 1. The zero-order valence-corrected chi connectivity index (χ0v) is 17.5. The second-order valence-corrected chi connectivity index (χ2v) is 8.53. The van der Waals surface area contributed by atoms with E-state index in [1.54, 1.807) is 36.0 Å². The number of nitrogens with one attached hydrogen (secondary N) is 1. The molecule has 1 heterocycles. The number of aromatic carboxylic acids is 1. The lowest BCUT2D eigenvalue weighted by molar-refractivity contribution is 0.0695. The standard InChI is InChI=1S/C21H21FN2O3S2/c1-2-14-5-8-18(11-19(14)21(25)26)29(27)23-10-9-17-12-28-13-20(24-17)15-3-6-16(22)7-4-15/h3-8,11-12,23H,2,9-10,13H2,1H3,(H,25,26). The van der Waals surface area contributed by atoms with Crippen LogP contribution in [0.1, 0.15) is 34.8 Å². The second-order valence-electron chi connectivity index (χ2n) is 6.38. The molecule has 1 unspecified atom stereocenters. The van der Waals surface area contributed by atoms with Gasteiger partial charge in [0.2, 0.25) is 0 Å². The second kappa shape index (κ2) is 9.96. The summed E-state index contributed by atoms with van der Waals surface area (Å²) in [5.74, 6) is -0.581. The summed E-state index contributed by atoms with van der Waals surface area (Å²) < 4.78 is 28.5. The number of nitrogens with zero attached hydrogens (tertiary/aromatic N) is 1. The van der Waals surface area contributed by atoms with Gasteiger partial charge in [0.25, 0.3) is 0 Å². The number of carboxylic acids is 1. The summed E-state index contributed by atoms with van der Waals surface area (Å²) in [7, 11) is -1.51. The molecule has 152 valence electrons. The topological polar surface area (TPSA) is 78.8 Å². The quantitative estimate of drug-likeness (QED) is 0.656. The van der Waals surface area contributed by atoms with E-state index in [-0.39, 0.29) is 11.4 Å². The summed E-state index contributed by atoms with van der Waals surface area (Å²) in [6.07, 6.45) is 1.17. The number of carbonyl (C=O) groups is 1. The smallest absolute Gasteiger partial charge is 0.336 e. The van der Waals surface area contributed by atoms with Crippen molar-refractivity contribution in [1.29, 1.82) is 0 Å². The molecule has 0 aliphatic carbocycles. The van der Waals surface area contributed by atoms with Gasteiger partial charge >= 0.3 is 5.97 Å². The van der Waals surface area contributed by atoms with Gasteiger partial charge in [-0.05, 0) is 47.2 Å². The van der Waals surface area contributed by atoms with E-state index in [1.807, 2.05) is 12.3 Å². The first kappa shape index (κ1) is 21.4. The van der Waals surface area contributed by atoms with Crippen molar-refractivity contribution in [1.82, 2.24) is 4.72 Å². The number of hydrogen-bond acceptors (Lipinski definition) is 4. The van der Waals surface area contributed by atoms with E-state index < -0.39 is 17.0 Å². The molecular weight excluding hydrogens is 411 g/mol. The molecule has 2 N–H and O–H groups in total. The number of halogens is 1. The van der Waals surface area contributed by atoms with Crippen molar-refractivity contribution in [2.45, 2.75) is 24.7 Å². The number of hydrogen-bond donors (Lipinski definition) is 2. The highest BCUT2D eigenvalue weighted by atomic mass is 32.2. The SMILES string of the molecule is CCc1ccc(S(=O)NCCC2=CSCC(c3ccc(F)cc3)=N2)cc1C(=O)O. The molecule has 2 aromatic carbocycles. The van der Waals surface area contributed by atoms with Crippen molar-refractivity contribution < 1.29 is 18.5 Å². The van der Waals surface area contributed by atoms with Gasteiger partial charge in [-0.3, -0.25) is 4.99 Å². The summed E-state index contributed by atoms with van der Waals surface area (Å²) in [5, 5.41) is 11.3. The minimum absolute atomic E-state index is 0.181. The molecule has 1 aliphatic rings. The third-order valence-electron chi connectivity index (χ3n) is 4.42. The number of thioether (sulfide) groups is 1. The van der Waals surface area contributed by atoms with Crippen LogP contribution in [0, 0.1) is 5.82 Å². The molecule has 0 aromatic heterocycles. The molecule has 0 saturated carbocycles. The third kappa shape index (κ3) is 5.62. The van der Waals surface area contributed by atoms with Gasteiger partial charge in [0.1, 0.15) is 16.8 Å². The van der Waals surface area contributed by atoms with E-state index in [1.165, 1.54) is 18.2 Å². The first-order valence-corrected chi connectivity index (χ1v) is 11.3. The highest BCUT2D eigenvalue weighted by molar-refractivity contribution is 8.02. The first-order chi connectivity index (χ1) is 14.0. The maximum absolute atomic E-state index is 13.1. The van der Waals surface area contributed by atoms with Gasteiger partial charge < -0.3 is 5.11 Å². The van der Waals surface area contributed by atoms with Crippen LogP contribution in [0.3, 0.4) is 0 Å². The monoisotopic (exact) mass is 432 g/mol. The fraction of sp³-hybridized carbons (Fsp3) is 0.238. The Hall–Kier alpha value is -2.29. The fourth-order valence-corrected chi connectivity index (χ4v) is 4.59. The average molecular weight is 433 g/mol. The molecular formula is C21H21FN2O3S2. The van der Waals surface area contributed by atoms with Gasteiger partial charge in [-0.25, -0.2) is 18.1 Å². The van der Waals surface area contributed by atoms with Gasteiger partial charge in [0.15, 0.2) is 0 Å². The number of benzene rings is 2. The molecule has 1 atom stereocenters. The van der Waals surface area contributed by atoms with E-state index >= 15 is 0 Å². The molecule has 1 aliphatic heterocycles. The van der Waals surface area contributed by atoms with Gasteiger partial charge in [0.05, 0.1) is 16.2 Å². The van der Waals surface area contributed by atoms with Gasteiger partial charge in [-0.1, -0.05) is 25.1 Å². The van der Waals surface area contributed by atoms with Crippen LogP contribution in [0.15, 0.2) is 63.5 Å². The molecule has 0 saturated heterocycles. The number of carboxylic acid groups (broad SMARTS) is 1. The molecule has 0 amide bonds. The highest BCUT2D eigenvalue weighted by Gasteiger charge is 2.14. The van der Waals surface area contributed by atoms with Crippen molar-refractivity contribution in [2.24, 2.45) is 4.99 Å². The Kier molecular flexibility index (Phi) is 7.35. The van der Waals surface area contributed by atoms with Gasteiger partial charge in [-0.15, -0.1) is 11.8 Å². The van der Waals surface area contributed by atoms with E-state index in [4.69, 9.17) is 0 Å². The Balaban J connectivity index is 1.60. The number of aryl methyl sites for hydroxylation is 1. The minimum atomic E-state index is -1.51. The molecule has 0 bridgehead atoms. The van der Waals surface area contributed by atoms with E-state index in [9.17, 15) is 18.5 Å². The van der Waals surface area contributed by atoms with Crippen molar-refractivity contribution in [3.63, 3.8) is 0 Å². The van der Waals surface area contributed by atoms with Crippen LogP contribution in [0.4, 0.5) is 4.39 Å². The summed E-state index contributed by atoms with van der Waals surface area (Å²) >= 11 is 1.62. The lowest BCUT2D eigenvalue weighted by Gasteiger charge is -2.13. The van der Waals surface area contributed by atoms with E-state index in [0.717, 1.165) is 22.7 Å². The van der Waals surface area contributed by atoms with Crippen molar-refractivity contribution >= 4 is 34.4 Å². The Morgan fingerprint density at radius 2 is 2.03 bits per heavy atom. The van der Waals surface area contributed by atoms with Crippen LogP contribution < -0.4 is 4.72 Å². The number of rotatable bonds is 8. The van der Waals surface area contributed by atoms with Crippen molar-refractivity contribution in [3.8, 4) is 0 Å². The molecule has 0 radical (unpaired) electrons. The Morgan fingerprint density at radius 3 is 2.72 bits per heavy atom. The third-order valence-corrected chi connectivity index (χ3v) is 6.44. The lowest BCUT2D eigenvalue weighted by Crippen LogP contribution is -2.20. The molecule has 29 heavy (non-hydrogen) atoms. The van der Waals surface area contributed by atoms with Crippen LogP contribution in [-0.4, -0.2) is 33.3 Å². The zero-order chi connectivity index (χ0) is 20.8. The summed E-state index contributed by atoms with van der Waals surface area (Å²) in [5.41, 5.74) is 3.52. The maximum atomic E-state index is 13.1. The van der Waals surface area contributed by atoms with E-state index in [2.05, 4.69) is 9.71 Å². The largest absolute Gasteiger partial charge is 0.478 e. The molecule has 2 aromatic rings. The summed E-state index contributed by atoms with van der Waals surface area (Å²) in [4.78, 5) is 16.4. The van der Waals surface area contributed by atoms with Crippen LogP contribution in [-0.2, 0) is 17.4 Å². The molecule has 0 spiro atoms. The normalized spacial score (nSPS) is 14.8. The van der Waals surface area contributed by atoms with Crippen LogP contribution in [0.2, 0.25) is 0 Å². The predicted octanol–water partition coefficient (Wildman–Crippen LogP) is 4.17. The van der Waals surface area contributed by atoms with Gasteiger partial charge in [0, 0.05) is 24.4 Å². The fourth-order valence-electron chi connectivity index (χ4n) is 2.89. The van der Waals surface area contributed by atoms with Crippen LogP contribution in [0.5, 0.6) is 0 Å². The lowest BCUT2D eigenvalue weighted by atomic mass is 10.1. The predicted molar refractivity (Wildman–Crippen MR) is 115 cm³/mol. The Morgan fingerprint density at radius 1 is 1.28 bits per heavy atom. The van der Waals surface area contributed by atoms with Gasteiger partial charge in [-0.2, -0.15) is 0 Å². The Labute approximate surface area is 175 Å². The maximum Gasteiger partial charge on any atom is 0.336 e.